The van der Waals surface area contributed by atoms with Gasteiger partial charge in [0.15, 0.2) is 0 Å². The Kier molecular flexibility index (Phi) is 3.67. The Morgan fingerprint density at radius 2 is 2.11 bits per heavy atom. The van der Waals surface area contributed by atoms with Crippen LogP contribution in [0, 0.1) is 0 Å². The maximum atomic E-state index is 11.7. The van der Waals surface area contributed by atoms with E-state index in [0.717, 1.165) is 10.9 Å². The van der Waals surface area contributed by atoms with Crippen molar-refractivity contribution in [2.75, 3.05) is 20.8 Å². The minimum Gasteiger partial charge on any atom is -0.465 e. The van der Waals surface area contributed by atoms with Crippen LogP contribution in [0.3, 0.4) is 0 Å². The smallest absolute Gasteiger partial charge is 0.338 e. The fourth-order valence-corrected chi connectivity index (χ4v) is 2.18. The number of esters is 1. The molecule has 0 spiro atoms. The Balaban J connectivity index is 2.51. The number of aromatic nitrogens is 1. The molecule has 0 amide bonds. The Morgan fingerprint density at radius 1 is 1.33 bits per heavy atom. The first-order chi connectivity index (χ1) is 8.69. The molecule has 0 radical (unpaired) electrons. The van der Waals surface area contributed by atoms with Gasteiger partial charge in [-0.2, -0.15) is 0 Å². The summed E-state index contributed by atoms with van der Waals surface area (Å²) in [6, 6.07) is 7.80. The van der Waals surface area contributed by atoms with E-state index >= 15 is 0 Å². The first-order valence-corrected chi connectivity index (χ1v) is 5.86. The molecular formula is C14H17NO3. The number of hydrogen-bond donors (Lipinski definition) is 0. The van der Waals surface area contributed by atoms with Gasteiger partial charge in [0.25, 0.3) is 0 Å². The summed E-state index contributed by atoms with van der Waals surface area (Å²) in [6.45, 7) is 2.71. The van der Waals surface area contributed by atoms with Crippen molar-refractivity contribution in [3.63, 3.8) is 0 Å². The molecule has 0 aliphatic carbocycles. The third kappa shape index (κ3) is 2.11. The monoisotopic (exact) mass is 247 g/mol. The molecular weight excluding hydrogens is 230 g/mol. The van der Waals surface area contributed by atoms with Gasteiger partial charge in [0.1, 0.15) is 0 Å². The topological polar surface area (TPSA) is 40.5 Å². The number of rotatable bonds is 4. The van der Waals surface area contributed by atoms with Gasteiger partial charge in [0.05, 0.1) is 25.3 Å². The van der Waals surface area contributed by atoms with Gasteiger partial charge in [-0.3, -0.25) is 0 Å². The van der Waals surface area contributed by atoms with E-state index in [4.69, 9.17) is 9.47 Å². The first-order valence-electron chi connectivity index (χ1n) is 5.86. The third-order valence-corrected chi connectivity index (χ3v) is 3.05. The van der Waals surface area contributed by atoms with Crippen molar-refractivity contribution in [3.05, 3.63) is 36.0 Å². The lowest BCUT2D eigenvalue weighted by Crippen LogP contribution is -2.10. The van der Waals surface area contributed by atoms with Crippen LogP contribution in [-0.2, 0) is 9.47 Å². The van der Waals surface area contributed by atoms with Crippen molar-refractivity contribution >= 4 is 16.9 Å². The number of methoxy groups -OCH3 is 2. The highest BCUT2D eigenvalue weighted by atomic mass is 16.5. The lowest BCUT2D eigenvalue weighted by molar-refractivity contribution is 0.0603. The van der Waals surface area contributed by atoms with Gasteiger partial charge in [-0.1, -0.05) is 6.07 Å². The van der Waals surface area contributed by atoms with Crippen LogP contribution in [0.5, 0.6) is 0 Å². The fraction of sp³-hybridized carbons (Fsp3) is 0.357. The minimum atomic E-state index is -0.308. The average Bonchev–Trinajstić information content (AvgIpc) is 2.81. The van der Waals surface area contributed by atoms with Crippen LogP contribution in [-0.4, -0.2) is 31.4 Å². The van der Waals surface area contributed by atoms with Gasteiger partial charge in [0.2, 0.25) is 0 Å². The molecule has 4 heteroatoms. The number of fused-ring (bicyclic) bond motifs is 1. The summed E-state index contributed by atoms with van der Waals surface area (Å²) in [7, 11) is 3.08. The maximum absolute atomic E-state index is 11.7. The summed E-state index contributed by atoms with van der Waals surface area (Å²) in [6.07, 6.45) is 1.97. The summed E-state index contributed by atoms with van der Waals surface area (Å²) in [5.41, 5.74) is 1.61. The van der Waals surface area contributed by atoms with E-state index < -0.39 is 0 Å². The fourth-order valence-electron chi connectivity index (χ4n) is 2.18. The van der Waals surface area contributed by atoms with Gasteiger partial charge in [-0.15, -0.1) is 0 Å². The summed E-state index contributed by atoms with van der Waals surface area (Å²) in [5, 5.41) is 0.910. The molecule has 1 atom stereocenters. The lowest BCUT2D eigenvalue weighted by atomic mass is 10.1. The highest BCUT2D eigenvalue weighted by molar-refractivity contribution is 6.03. The standard InChI is InChI=1S/C14H17NO3/c1-10(9-17-2)15-8-7-11-12(14(16)18-3)5-4-6-13(11)15/h4-8,10H,9H2,1-3H3. The van der Waals surface area contributed by atoms with E-state index in [1.54, 1.807) is 13.2 Å². The summed E-state index contributed by atoms with van der Waals surface area (Å²) in [5.74, 6) is -0.308. The van der Waals surface area contributed by atoms with E-state index in [2.05, 4.69) is 11.5 Å². The van der Waals surface area contributed by atoms with E-state index in [1.807, 2.05) is 24.4 Å². The molecule has 0 aliphatic heterocycles. The Hall–Kier alpha value is -1.81. The number of nitrogens with zero attached hydrogens (tertiary/aromatic N) is 1. The zero-order valence-corrected chi connectivity index (χ0v) is 10.8. The zero-order valence-electron chi connectivity index (χ0n) is 10.8. The van der Waals surface area contributed by atoms with Gasteiger partial charge in [-0.25, -0.2) is 4.79 Å². The van der Waals surface area contributed by atoms with Gasteiger partial charge < -0.3 is 14.0 Å². The Morgan fingerprint density at radius 3 is 2.78 bits per heavy atom. The van der Waals surface area contributed by atoms with E-state index in [9.17, 15) is 4.79 Å². The number of carbonyl (C=O) groups excluding carboxylic acids is 1. The highest BCUT2D eigenvalue weighted by Gasteiger charge is 2.14. The predicted molar refractivity (Wildman–Crippen MR) is 69.9 cm³/mol. The van der Waals surface area contributed by atoms with Crippen LogP contribution >= 0.6 is 0 Å². The molecule has 2 rings (SSSR count). The van der Waals surface area contributed by atoms with Gasteiger partial charge in [-0.05, 0) is 25.1 Å². The lowest BCUT2D eigenvalue weighted by Gasteiger charge is -2.14. The quantitative estimate of drug-likeness (QED) is 0.780. The summed E-state index contributed by atoms with van der Waals surface area (Å²) < 4.78 is 12.1. The number of hydrogen-bond acceptors (Lipinski definition) is 3. The molecule has 0 saturated carbocycles. The summed E-state index contributed by atoms with van der Waals surface area (Å²) >= 11 is 0. The largest absolute Gasteiger partial charge is 0.465 e. The van der Waals surface area contributed by atoms with Crippen LogP contribution < -0.4 is 0 Å². The molecule has 1 aromatic heterocycles. The predicted octanol–water partition coefficient (Wildman–Crippen LogP) is 2.64. The van der Waals surface area contributed by atoms with E-state index in [0.29, 0.717) is 12.2 Å². The van der Waals surface area contributed by atoms with Crippen LogP contribution in [0.2, 0.25) is 0 Å². The molecule has 1 aromatic carbocycles. The van der Waals surface area contributed by atoms with Crippen molar-refractivity contribution in [3.8, 4) is 0 Å². The summed E-state index contributed by atoms with van der Waals surface area (Å²) in [4.78, 5) is 11.7. The molecule has 18 heavy (non-hydrogen) atoms. The first kappa shape index (κ1) is 12.6. The van der Waals surface area contributed by atoms with Crippen molar-refractivity contribution < 1.29 is 14.3 Å². The van der Waals surface area contributed by atoms with Crippen LogP contribution in [0.1, 0.15) is 23.3 Å². The second-order valence-corrected chi connectivity index (χ2v) is 4.26. The zero-order chi connectivity index (χ0) is 13.1. The molecule has 4 nitrogen and oxygen atoms in total. The molecule has 0 bridgehead atoms. The second-order valence-electron chi connectivity index (χ2n) is 4.26. The normalized spacial score (nSPS) is 12.6. The maximum Gasteiger partial charge on any atom is 0.338 e. The molecule has 0 aliphatic rings. The van der Waals surface area contributed by atoms with Gasteiger partial charge >= 0.3 is 5.97 Å². The highest BCUT2D eigenvalue weighted by Crippen LogP contribution is 2.24. The third-order valence-electron chi connectivity index (χ3n) is 3.05. The van der Waals surface area contributed by atoms with Crippen LogP contribution in [0.15, 0.2) is 30.5 Å². The Bertz CT molecular complexity index is 559. The molecule has 96 valence electrons. The SMILES string of the molecule is COCC(C)n1ccc2c(C(=O)OC)cccc21. The van der Waals surface area contributed by atoms with E-state index in [1.165, 1.54) is 7.11 Å². The molecule has 1 unspecified atom stereocenters. The van der Waals surface area contributed by atoms with Crippen LogP contribution in [0.4, 0.5) is 0 Å². The van der Waals surface area contributed by atoms with E-state index in [-0.39, 0.29) is 12.0 Å². The van der Waals surface area contributed by atoms with Crippen molar-refractivity contribution in [1.82, 2.24) is 4.57 Å². The van der Waals surface area contributed by atoms with Crippen molar-refractivity contribution in [2.24, 2.45) is 0 Å². The number of carbonyl (C=O) groups is 1. The number of ether oxygens (including phenoxy) is 2. The minimum absolute atomic E-state index is 0.223. The Labute approximate surface area is 106 Å². The molecule has 0 N–H and O–H groups in total. The number of benzene rings is 1. The average molecular weight is 247 g/mol. The van der Waals surface area contributed by atoms with Gasteiger partial charge in [0, 0.05) is 24.2 Å². The molecule has 0 saturated heterocycles. The van der Waals surface area contributed by atoms with Crippen LogP contribution in [0.25, 0.3) is 10.9 Å². The van der Waals surface area contributed by atoms with Crippen molar-refractivity contribution in [1.29, 1.82) is 0 Å². The molecule has 0 fully saturated rings. The molecule has 2 aromatic rings. The molecule has 1 heterocycles. The van der Waals surface area contributed by atoms with Crippen molar-refractivity contribution in [2.45, 2.75) is 13.0 Å². The second kappa shape index (κ2) is 5.23.